The minimum absolute atomic E-state index is 0.0108. The predicted octanol–water partition coefficient (Wildman–Crippen LogP) is 3.14. The zero-order chi connectivity index (χ0) is 13.7. The molecule has 0 radical (unpaired) electrons. The van der Waals surface area contributed by atoms with Crippen LogP contribution in [-0.4, -0.2) is 29.6 Å². The van der Waals surface area contributed by atoms with Crippen LogP contribution in [0.25, 0.3) is 0 Å². The zero-order valence-corrected chi connectivity index (χ0v) is 11.8. The first-order chi connectivity index (χ1) is 9.16. The van der Waals surface area contributed by atoms with Gasteiger partial charge in [-0.15, -0.1) is 0 Å². The molecular formula is C14H18ClN3O. The Hall–Kier alpha value is -1.55. The maximum atomic E-state index is 11.7. The van der Waals surface area contributed by atoms with Crippen LogP contribution < -0.4 is 5.43 Å². The maximum absolute atomic E-state index is 11.7. The van der Waals surface area contributed by atoms with Gasteiger partial charge >= 0.3 is 0 Å². The van der Waals surface area contributed by atoms with Crippen molar-refractivity contribution in [3.63, 3.8) is 0 Å². The number of ketones is 1. The van der Waals surface area contributed by atoms with Crippen molar-refractivity contribution in [2.75, 3.05) is 18.5 Å². The van der Waals surface area contributed by atoms with Crippen molar-refractivity contribution in [2.45, 2.75) is 26.2 Å². The fourth-order valence-corrected chi connectivity index (χ4v) is 2.25. The molecule has 5 heteroatoms. The number of nitrogens with zero attached hydrogens (tertiary/aromatic N) is 2. The van der Waals surface area contributed by atoms with Crippen LogP contribution >= 0.6 is 11.6 Å². The van der Waals surface area contributed by atoms with Gasteiger partial charge in [-0.1, -0.05) is 11.6 Å². The lowest BCUT2D eigenvalue weighted by atomic mass is 10.1. The molecule has 0 aliphatic carbocycles. The molecule has 1 heterocycles. The summed E-state index contributed by atoms with van der Waals surface area (Å²) in [5.74, 6) is 0.498. The van der Waals surface area contributed by atoms with Crippen molar-refractivity contribution in [3.05, 3.63) is 29.3 Å². The Kier molecular flexibility index (Phi) is 4.80. The van der Waals surface area contributed by atoms with Crippen LogP contribution in [0.4, 0.5) is 5.69 Å². The molecule has 2 rings (SSSR count). The van der Waals surface area contributed by atoms with Gasteiger partial charge in [0.05, 0.1) is 5.69 Å². The molecular weight excluding hydrogens is 262 g/mol. The van der Waals surface area contributed by atoms with Gasteiger partial charge in [0.25, 0.3) is 0 Å². The summed E-state index contributed by atoms with van der Waals surface area (Å²) in [5.41, 5.74) is 3.74. The molecule has 1 saturated heterocycles. The normalized spacial score (nSPS) is 16.3. The molecule has 1 aromatic rings. The van der Waals surface area contributed by atoms with Crippen molar-refractivity contribution in [2.24, 2.45) is 5.10 Å². The Morgan fingerprint density at radius 2 is 1.84 bits per heavy atom. The van der Waals surface area contributed by atoms with Gasteiger partial charge in [0.2, 0.25) is 0 Å². The molecule has 1 aliphatic heterocycles. The molecule has 102 valence electrons. The second-order valence-electron chi connectivity index (χ2n) is 4.66. The van der Waals surface area contributed by atoms with Gasteiger partial charge in [0.1, 0.15) is 0 Å². The lowest BCUT2D eigenvalue weighted by Gasteiger charge is -2.28. The molecule has 4 nitrogen and oxygen atoms in total. The molecule has 0 spiro atoms. The monoisotopic (exact) mass is 279 g/mol. The van der Waals surface area contributed by atoms with E-state index in [2.05, 4.69) is 15.4 Å². The van der Waals surface area contributed by atoms with E-state index in [0.29, 0.717) is 10.9 Å². The summed E-state index contributed by atoms with van der Waals surface area (Å²) in [6.07, 6.45) is 3.47. The summed E-state index contributed by atoms with van der Waals surface area (Å²) < 4.78 is 0. The van der Waals surface area contributed by atoms with Crippen LogP contribution in [0, 0.1) is 0 Å². The molecule has 0 aromatic heterocycles. The standard InChI is InChI=1S/C14H18ClN3O/c1-11(19)14(18-9-3-2-4-10-18)17-16-13-7-5-12(15)6-8-13/h5-8,16H,2-4,9-10H2,1H3/b17-14+. The van der Waals surface area contributed by atoms with Gasteiger partial charge < -0.3 is 4.90 Å². The molecule has 0 atom stereocenters. The summed E-state index contributed by atoms with van der Waals surface area (Å²) in [7, 11) is 0. The smallest absolute Gasteiger partial charge is 0.196 e. The van der Waals surface area contributed by atoms with Gasteiger partial charge in [-0.3, -0.25) is 10.2 Å². The number of anilines is 1. The van der Waals surface area contributed by atoms with Gasteiger partial charge in [0, 0.05) is 25.0 Å². The van der Waals surface area contributed by atoms with Crippen LogP contribution in [0.3, 0.4) is 0 Å². The average molecular weight is 280 g/mol. The Morgan fingerprint density at radius 1 is 1.21 bits per heavy atom. The highest BCUT2D eigenvalue weighted by atomic mass is 35.5. The van der Waals surface area contributed by atoms with Crippen molar-refractivity contribution in [3.8, 4) is 0 Å². The number of rotatable bonds is 3. The Balaban J connectivity index is 2.07. The third kappa shape index (κ3) is 3.96. The number of benzene rings is 1. The molecule has 1 aromatic carbocycles. The molecule has 1 N–H and O–H groups in total. The summed E-state index contributed by atoms with van der Waals surface area (Å²) in [6.45, 7) is 3.36. The third-order valence-electron chi connectivity index (χ3n) is 3.11. The van der Waals surface area contributed by atoms with Crippen molar-refractivity contribution in [1.29, 1.82) is 0 Å². The van der Waals surface area contributed by atoms with E-state index in [0.717, 1.165) is 31.6 Å². The lowest BCUT2D eigenvalue weighted by Crippen LogP contribution is -2.39. The number of nitrogens with one attached hydrogen (secondary N) is 1. The van der Waals surface area contributed by atoms with Crippen molar-refractivity contribution >= 4 is 28.9 Å². The minimum atomic E-state index is -0.0108. The van der Waals surface area contributed by atoms with Crippen molar-refractivity contribution < 1.29 is 4.79 Å². The highest BCUT2D eigenvalue weighted by Gasteiger charge is 2.18. The molecule has 0 unspecified atom stereocenters. The van der Waals surface area contributed by atoms with E-state index < -0.39 is 0 Å². The summed E-state index contributed by atoms with van der Waals surface area (Å²) >= 11 is 5.82. The van der Waals surface area contributed by atoms with Crippen LogP contribution in [0.5, 0.6) is 0 Å². The van der Waals surface area contributed by atoms with Gasteiger partial charge in [0.15, 0.2) is 11.6 Å². The highest BCUT2D eigenvalue weighted by molar-refractivity contribution is 6.37. The molecule has 0 saturated carbocycles. The fourth-order valence-electron chi connectivity index (χ4n) is 2.12. The quantitative estimate of drug-likeness (QED) is 0.525. The lowest BCUT2D eigenvalue weighted by molar-refractivity contribution is -0.111. The zero-order valence-electron chi connectivity index (χ0n) is 11.0. The van der Waals surface area contributed by atoms with E-state index in [-0.39, 0.29) is 5.78 Å². The van der Waals surface area contributed by atoms with Crippen LogP contribution in [-0.2, 0) is 4.79 Å². The number of carbonyl (C=O) groups is 1. The van der Waals surface area contributed by atoms with E-state index in [1.807, 2.05) is 12.1 Å². The first-order valence-electron chi connectivity index (χ1n) is 6.52. The predicted molar refractivity (Wildman–Crippen MR) is 78.6 cm³/mol. The third-order valence-corrected chi connectivity index (χ3v) is 3.36. The molecule has 0 amide bonds. The second kappa shape index (κ2) is 6.57. The molecule has 19 heavy (non-hydrogen) atoms. The second-order valence-corrected chi connectivity index (χ2v) is 5.09. The molecule has 0 bridgehead atoms. The van der Waals surface area contributed by atoms with Crippen LogP contribution in [0.1, 0.15) is 26.2 Å². The fraction of sp³-hybridized carbons (Fsp3) is 0.429. The number of likely N-dealkylation sites (tertiary alicyclic amines) is 1. The topological polar surface area (TPSA) is 44.7 Å². The number of halogens is 1. The number of Topliss-reactive ketones (excluding diaryl/α,β-unsaturated/α-hetero) is 1. The van der Waals surface area contributed by atoms with E-state index in [1.54, 1.807) is 19.1 Å². The van der Waals surface area contributed by atoms with E-state index >= 15 is 0 Å². The SMILES string of the molecule is CC(=O)/C(=N\Nc1ccc(Cl)cc1)N1CCCCC1. The van der Waals surface area contributed by atoms with Crippen molar-refractivity contribution in [1.82, 2.24) is 4.90 Å². The minimum Gasteiger partial charge on any atom is -0.352 e. The Labute approximate surface area is 118 Å². The summed E-state index contributed by atoms with van der Waals surface area (Å²) in [4.78, 5) is 13.7. The molecule has 1 aliphatic rings. The Morgan fingerprint density at radius 3 is 2.42 bits per heavy atom. The summed E-state index contributed by atoms with van der Waals surface area (Å²) in [5, 5.41) is 4.92. The number of hydrogen-bond acceptors (Lipinski definition) is 3. The van der Waals surface area contributed by atoms with Crippen LogP contribution in [0.2, 0.25) is 5.02 Å². The molecule has 1 fully saturated rings. The van der Waals surface area contributed by atoms with Gasteiger partial charge in [-0.25, -0.2) is 0 Å². The largest absolute Gasteiger partial charge is 0.352 e. The average Bonchev–Trinajstić information content (AvgIpc) is 2.42. The van der Waals surface area contributed by atoms with Gasteiger partial charge in [-0.2, -0.15) is 5.10 Å². The van der Waals surface area contributed by atoms with E-state index in [4.69, 9.17) is 11.6 Å². The number of hydrogen-bond donors (Lipinski definition) is 1. The number of piperidine rings is 1. The first-order valence-corrected chi connectivity index (χ1v) is 6.90. The maximum Gasteiger partial charge on any atom is 0.196 e. The first kappa shape index (κ1) is 13.9. The summed E-state index contributed by atoms with van der Waals surface area (Å²) in [6, 6.07) is 7.24. The van der Waals surface area contributed by atoms with E-state index in [1.165, 1.54) is 6.42 Å². The van der Waals surface area contributed by atoms with E-state index in [9.17, 15) is 4.79 Å². The van der Waals surface area contributed by atoms with Gasteiger partial charge in [-0.05, 0) is 43.5 Å². The number of hydrazone groups is 1. The Bertz CT molecular complexity index is 464. The number of amidine groups is 1. The highest BCUT2D eigenvalue weighted by Crippen LogP contribution is 2.14. The van der Waals surface area contributed by atoms with Crippen LogP contribution in [0.15, 0.2) is 29.4 Å². The number of carbonyl (C=O) groups excluding carboxylic acids is 1.